The van der Waals surface area contributed by atoms with Crippen LogP contribution < -0.4 is 22.1 Å². The Morgan fingerprint density at radius 3 is 2.74 bits per heavy atom. The highest BCUT2D eigenvalue weighted by atomic mass is 32.1. The molecule has 1 aromatic rings. The van der Waals surface area contributed by atoms with Gasteiger partial charge in [0.15, 0.2) is 5.13 Å². The van der Waals surface area contributed by atoms with Crippen LogP contribution in [-0.2, 0) is 4.79 Å². The van der Waals surface area contributed by atoms with Crippen LogP contribution in [0.1, 0.15) is 36.4 Å². The van der Waals surface area contributed by atoms with E-state index in [0.29, 0.717) is 10.0 Å². The van der Waals surface area contributed by atoms with Crippen molar-refractivity contribution >= 4 is 34.1 Å². The average molecular weight is 285 g/mol. The molecule has 0 aliphatic rings. The molecule has 6 N–H and O–H groups in total. The Morgan fingerprint density at radius 2 is 2.16 bits per heavy atom. The molecule has 1 aromatic heterocycles. The summed E-state index contributed by atoms with van der Waals surface area (Å²) in [7, 11) is 0. The van der Waals surface area contributed by atoms with Gasteiger partial charge in [0.2, 0.25) is 5.91 Å². The molecule has 0 aliphatic heterocycles. The molecule has 7 nitrogen and oxygen atoms in total. The lowest BCUT2D eigenvalue weighted by molar-refractivity contribution is -0.118. The smallest absolute Gasteiger partial charge is 0.265 e. The molecule has 0 fully saturated rings. The molecule has 1 atom stereocenters. The summed E-state index contributed by atoms with van der Waals surface area (Å²) in [5, 5.41) is 6.35. The van der Waals surface area contributed by atoms with E-state index in [2.05, 4.69) is 15.6 Å². The van der Waals surface area contributed by atoms with Crippen LogP contribution in [0, 0.1) is 0 Å². The zero-order valence-electron chi connectivity index (χ0n) is 11.0. The highest BCUT2D eigenvalue weighted by Crippen LogP contribution is 2.24. The SMILES string of the molecule is CCCNc1nc(N)c(C(=O)NC(C)CC(N)=O)s1. The third kappa shape index (κ3) is 4.74. The number of primary amides is 1. The van der Waals surface area contributed by atoms with Gasteiger partial charge in [0.1, 0.15) is 10.7 Å². The number of aromatic nitrogens is 1. The van der Waals surface area contributed by atoms with Crippen LogP contribution >= 0.6 is 11.3 Å². The van der Waals surface area contributed by atoms with Gasteiger partial charge in [-0.1, -0.05) is 18.3 Å². The van der Waals surface area contributed by atoms with Crippen molar-refractivity contribution in [1.29, 1.82) is 0 Å². The van der Waals surface area contributed by atoms with Gasteiger partial charge in [0.25, 0.3) is 5.91 Å². The number of carbonyl (C=O) groups excluding carboxylic acids is 2. The maximum Gasteiger partial charge on any atom is 0.265 e. The summed E-state index contributed by atoms with van der Waals surface area (Å²) in [6.45, 7) is 4.51. The molecular weight excluding hydrogens is 266 g/mol. The van der Waals surface area contributed by atoms with Crippen LogP contribution in [0.2, 0.25) is 0 Å². The van der Waals surface area contributed by atoms with Crippen molar-refractivity contribution in [3.63, 3.8) is 0 Å². The largest absolute Gasteiger partial charge is 0.382 e. The third-order valence-corrected chi connectivity index (χ3v) is 3.30. The summed E-state index contributed by atoms with van der Waals surface area (Å²) >= 11 is 1.19. The van der Waals surface area contributed by atoms with Crippen molar-refractivity contribution in [3.05, 3.63) is 4.88 Å². The van der Waals surface area contributed by atoms with E-state index in [1.807, 2.05) is 6.92 Å². The Hall–Kier alpha value is -1.83. The second-order valence-electron chi connectivity index (χ2n) is 4.21. The highest BCUT2D eigenvalue weighted by molar-refractivity contribution is 7.18. The zero-order chi connectivity index (χ0) is 14.4. The average Bonchev–Trinajstić information content (AvgIpc) is 2.66. The predicted octanol–water partition coefficient (Wildman–Crippen LogP) is 0.541. The predicted molar refractivity (Wildman–Crippen MR) is 76.0 cm³/mol. The molecule has 1 rings (SSSR count). The van der Waals surface area contributed by atoms with Gasteiger partial charge in [0.05, 0.1) is 0 Å². The first-order chi connectivity index (χ1) is 8.93. The van der Waals surface area contributed by atoms with Gasteiger partial charge in [-0.3, -0.25) is 9.59 Å². The van der Waals surface area contributed by atoms with Crippen LogP contribution in [-0.4, -0.2) is 29.4 Å². The number of nitrogens with one attached hydrogen (secondary N) is 2. The molecule has 0 aromatic carbocycles. The summed E-state index contributed by atoms with van der Waals surface area (Å²) in [5.41, 5.74) is 10.8. The van der Waals surface area contributed by atoms with Gasteiger partial charge < -0.3 is 22.1 Å². The molecule has 0 radical (unpaired) electrons. The minimum absolute atomic E-state index is 0.0887. The Morgan fingerprint density at radius 1 is 1.47 bits per heavy atom. The van der Waals surface area contributed by atoms with Crippen molar-refractivity contribution in [2.24, 2.45) is 5.73 Å². The molecule has 0 saturated carbocycles. The fraction of sp³-hybridized carbons (Fsp3) is 0.545. The van der Waals surface area contributed by atoms with Crippen LogP contribution in [0.3, 0.4) is 0 Å². The summed E-state index contributed by atoms with van der Waals surface area (Å²) in [6.07, 6.45) is 1.04. The summed E-state index contributed by atoms with van der Waals surface area (Å²) < 4.78 is 0. The molecule has 19 heavy (non-hydrogen) atoms. The first kappa shape index (κ1) is 15.2. The standard InChI is InChI=1S/C11H19N5O2S/c1-3-4-14-11-16-9(13)8(19-11)10(18)15-6(2)5-7(12)17/h6H,3-5,13H2,1-2H3,(H2,12,17)(H,14,16)(H,15,18). The molecule has 0 aliphatic carbocycles. The molecule has 1 unspecified atom stereocenters. The van der Waals surface area contributed by atoms with E-state index in [1.165, 1.54) is 11.3 Å². The number of hydrogen-bond donors (Lipinski definition) is 4. The van der Waals surface area contributed by atoms with Crippen molar-refractivity contribution in [2.45, 2.75) is 32.7 Å². The third-order valence-electron chi connectivity index (χ3n) is 2.27. The number of nitrogens with two attached hydrogens (primary N) is 2. The van der Waals surface area contributed by atoms with Crippen LogP contribution in [0.15, 0.2) is 0 Å². The van der Waals surface area contributed by atoms with E-state index in [4.69, 9.17) is 11.5 Å². The van der Waals surface area contributed by atoms with Crippen molar-refractivity contribution in [2.75, 3.05) is 17.6 Å². The molecule has 2 amide bonds. The van der Waals surface area contributed by atoms with E-state index in [9.17, 15) is 9.59 Å². The van der Waals surface area contributed by atoms with E-state index in [-0.39, 0.29) is 24.2 Å². The summed E-state index contributed by atoms with van der Waals surface area (Å²) in [4.78, 5) is 27.1. The van der Waals surface area contributed by atoms with E-state index >= 15 is 0 Å². The summed E-state index contributed by atoms with van der Waals surface area (Å²) in [6, 6.07) is -0.335. The Balaban J connectivity index is 2.66. The second-order valence-corrected chi connectivity index (χ2v) is 5.20. The number of rotatable bonds is 7. The number of thiazole rings is 1. The molecule has 1 heterocycles. The number of nitrogen functional groups attached to an aromatic ring is 1. The zero-order valence-corrected chi connectivity index (χ0v) is 11.8. The van der Waals surface area contributed by atoms with Crippen LogP contribution in [0.4, 0.5) is 10.9 Å². The maximum absolute atomic E-state index is 11.9. The Labute approximate surface area is 115 Å². The molecule has 0 saturated heterocycles. The molecular formula is C11H19N5O2S. The van der Waals surface area contributed by atoms with Crippen LogP contribution in [0.5, 0.6) is 0 Å². The van der Waals surface area contributed by atoms with Gasteiger partial charge >= 0.3 is 0 Å². The minimum atomic E-state index is -0.463. The van der Waals surface area contributed by atoms with Crippen molar-refractivity contribution in [1.82, 2.24) is 10.3 Å². The van der Waals surface area contributed by atoms with Gasteiger partial charge in [-0.2, -0.15) is 0 Å². The lowest BCUT2D eigenvalue weighted by Crippen LogP contribution is -2.35. The monoisotopic (exact) mass is 285 g/mol. The number of hydrogen-bond acceptors (Lipinski definition) is 6. The fourth-order valence-corrected chi connectivity index (χ4v) is 2.26. The fourth-order valence-electron chi connectivity index (χ4n) is 1.44. The first-order valence-corrected chi connectivity index (χ1v) is 6.85. The van der Waals surface area contributed by atoms with Crippen molar-refractivity contribution < 1.29 is 9.59 Å². The van der Waals surface area contributed by atoms with Crippen LogP contribution in [0.25, 0.3) is 0 Å². The van der Waals surface area contributed by atoms with E-state index in [1.54, 1.807) is 6.92 Å². The molecule has 0 bridgehead atoms. The maximum atomic E-state index is 11.9. The number of nitrogens with zero attached hydrogens (tertiary/aromatic N) is 1. The number of carbonyl (C=O) groups is 2. The molecule has 0 spiro atoms. The minimum Gasteiger partial charge on any atom is -0.382 e. The van der Waals surface area contributed by atoms with E-state index < -0.39 is 5.91 Å². The van der Waals surface area contributed by atoms with Gasteiger partial charge in [-0.15, -0.1) is 0 Å². The number of anilines is 2. The Kier molecular flexibility index (Phi) is 5.56. The normalized spacial score (nSPS) is 11.9. The molecule has 8 heteroatoms. The summed E-state index contributed by atoms with van der Waals surface area (Å²) in [5.74, 6) is -0.615. The topological polar surface area (TPSA) is 123 Å². The lowest BCUT2D eigenvalue weighted by Gasteiger charge is -2.10. The van der Waals surface area contributed by atoms with E-state index in [0.717, 1.165) is 13.0 Å². The lowest BCUT2D eigenvalue weighted by atomic mass is 10.2. The number of amides is 2. The van der Waals surface area contributed by atoms with Gasteiger partial charge in [0, 0.05) is 19.0 Å². The quantitative estimate of drug-likeness (QED) is 0.582. The second kappa shape index (κ2) is 6.93. The first-order valence-electron chi connectivity index (χ1n) is 6.03. The van der Waals surface area contributed by atoms with Gasteiger partial charge in [-0.25, -0.2) is 4.98 Å². The molecule has 106 valence electrons. The highest BCUT2D eigenvalue weighted by Gasteiger charge is 2.18. The van der Waals surface area contributed by atoms with Gasteiger partial charge in [-0.05, 0) is 13.3 Å². The Bertz CT molecular complexity index is 460. The van der Waals surface area contributed by atoms with Crippen molar-refractivity contribution in [3.8, 4) is 0 Å².